The van der Waals surface area contributed by atoms with Crippen LogP contribution in [0.4, 0.5) is 15.8 Å². The van der Waals surface area contributed by atoms with E-state index in [-0.39, 0.29) is 5.82 Å². The summed E-state index contributed by atoms with van der Waals surface area (Å²) in [5.74, 6) is -0.271. The third kappa shape index (κ3) is 2.10. The van der Waals surface area contributed by atoms with E-state index < -0.39 is 0 Å². The summed E-state index contributed by atoms with van der Waals surface area (Å²) in [6.07, 6.45) is 0. The lowest BCUT2D eigenvalue weighted by molar-refractivity contribution is 0.628. The highest BCUT2D eigenvalue weighted by atomic mass is 19.1. The Kier molecular flexibility index (Phi) is 3.21. The van der Waals surface area contributed by atoms with E-state index in [1.807, 2.05) is 42.3 Å². The molecule has 0 aliphatic rings. The molecule has 0 amide bonds. The molecule has 0 saturated heterocycles. The number of para-hydroxylation sites is 2. The maximum Gasteiger partial charge on any atom is 0.159 e. The molecule has 0 bridgehead atoms. The van der Waals surface area contributed by atoms with E-state index in [2.05, 4.69) is 6.07 Å². The molecule has 24 heavy (non-hydrogen) atoms. The highest BCUT2D eigenvalue weighted by Gasteiger charge is 2.16. The Morgan fingerprint density at radius 3 is 2.29 bits per heavy atom. The minimum atomic E-state index is -0.271. The topological polar surface area (TPSA) is 40.2 Å². The van der Waals surface area contributed by atoms with Gasteiger partial charge in [-0.1, -0.05) is 24.3 Å². The van der Waals surface area contributed by atoms with Gasteiger partial charge < -0.3 is 9.32 Å². The molecule has 0 unspecified atom stereocenters. The molecule has 1 aromatic heterocycles. The standard InChI is InChI=1S/C20H13FN2O/c1-23(15-10-8-14(21)9-11-15)18-7-3-6-17-16-5-2-4-13(12-22)19(16)24-20(17)18/h2-11H,1H3. The fourth-order valence-electron chi connectivity index (χ4n) is 2.96. The normalized spacial score (nSPS) is 10.9. The molecule has 0 N–H and O–H groups in total. The van der Waals surface area contributed by atoms with Crippen LogP contribution in [0.5, 0.6) is 0 Å². The molecule has 3 nitrogen and oxygen atoms in total. The van der Waals surface area contributed by atoms with Crippen LogP contribution in [0.1, 0.15) is 5.56 Å². The van der Waals surface area contributed by atoms with Gasteiger partial charge in [0.25, 0.3) is 0 Å². The van der Waals surface area contributed by atoms with Gasteiger partial charge in [0.05, 0.1) is 11.3 Å². The van der Waals surface area contributed by atoms with Gasteiger partial charge in [0.1, 0.15) is 11.9 Å². The predicted molar refractivity (Wildman–Crippen MR) is 92.9 cm³/mol. The Labute approximate surface area is 138 Å². The molecule has 0 aliphatic carbocycles. The third-order valence-electron chi connectivity index (χ3n) is 4.20. The summed E-state index contributed by atoms with van der Waals surface area (Å²) < 4.78 is 19.2. The highest BCUT2D eigenvalue weighted by molar-refractivity contribution is 6.10. The van der Waals surface area contributed by atoms with Crippen molar-refractivity contribution in [2.45, 2.75) is 0 Å². The summed E-state index contributed by atoms with van der Waals surface area (Å²) in [4.78, 5) is 1.94. The number of fused-ring (bicyclic) bond motifs is 3. The maximum atomic E-state index is 13.2. The number of hydrogen-bond donors (Lipinski definition) is 0. The van der Waals surface area contributed by atoms with Crippen LogP contribution in [0.15, 0.2) is 65.1 Å². The smallest absolute Gasteiger partial charge is 0.159 e. The number of rotatable bonds is 2. The number of halogens is 1. The quantitative estimate of drug-likeness (QED) is 0.499. The first-order valence-electron chi connectivity index (χ1n) is 7.52. The molecule has 4 rings (SSSR count). The largest absolute Gasteiger partial charge is 0.452 e. The fraction of sp³-hybridized carbons (Fsp3) is 0.0500. The van der Waals surface area contributed by atoms with Gasteiger partial charge in [0, 0.05) is 23.5 Å². The Hall–Kier alpha value is -3.32. The average Bonchev–Trinajstić information content (AvgIpc) is 3.00. The molecule has 4 aromatic rings. The molecule has 4 heteroatoms. The van der Waals surface area contributed by atoms with Gasteiger partial charge in [-0.2, -0.15) is 5.26 Å². The molecule has 0 aliphatic heterocycles. The van der Waals surface area contributed by atoms with Crippen LogP contribution >= 0.6 is 0 Å². The second kappa shape index (κ2) is 5.39. The summed E-state index contributed by atoms with van der Waals surface area (Å²) in [5, 5.41) is 11.2. The molecular formula is C20H13FN2O. The van der Waals surface area contributed by atoms with Gasteiger partial charge in [-0.3, -0.25) is 0 Å². The van der Waals surface area contributed by atoms with Gasteiger partial charge in [-0.25, -0.2) is 4.39 Å². The van der Waals surface area contributed by atoms with Gasteiger partial charge >= 0.3 is 0 Å². The van der Waals surface area contributed by atoms with E-state index in [0.717, 1.165) is 22.1 Å². The summed E-state index contributed by atoms with van der Waals surface area (Å²) in [6, 6.07) is 19.9. The zero-order valence-corrected chi connectivity index (χ0v) is 13.0. The van der Waals surface area contributed by atoms with E-state index in [0.29, 0.717) is 16.7 Å². The zero-order chi connectivity index (χ0) is 16.7. The second-order valence-electron chi connectivity index (χ2n) is 5.59. The van der Waals surface area contributed by atoms with E-state index in [4.69, 9.17) is 4.42 Å². The first-order chi connectivity index (χ1) is 11.7. The van der Waals surface area contributed by atoms with E-state index in [1.165, 1.54) is 12.1 Å². The number of furan rings is 1. The van der Waals surface area contributed by atoms with Crippen LogP contribution in [0, 0.1) is 17.1 Å². The molecule has 1 heterocycles. The number of nitrogens with zero attached hydrogens (tertiary/aromatic N) is 2. The lowest BCUT2D eigenvalue weighted by Gasteiger charge is -2.19. The first kappa shape index (κ1) is 14.3. The van der Waals surface area contributed by atoms with Crippen LogP contribution in [0.25, 0.3) is 21.9 Å². The molecule has 0 spiro atoms. The van der Waals surface area contributed by atoms with Crippen molar-refractivity contribution in [2.24, 2.45) is 0 Å². The Balaban J connectivity index is 1.96. The minimum absolute atomic E-state index is 0.271. The van der Waals surface area contributed by atoms with Crippen molar-refractivity contribution in [3.05, 3.63) is 72.0 Å². The van der Waals surface area contributed by atoms with Crippen molar-refractivity contribution in [2.75, 3.05) is 11.9 Å². The molecule has 0 radical (unpaired) electrons. The monoisotopic (exact) mass is 316 g/mol. The van der Waals surface area contributed by atoms with Crippen LogP contribution in [-0.2, 0) is 0 Å². The third-order valence-corrected chi connectivity index (χ3v) is 4.20. The number of benzene rings is 3. The molecule has 0 fully saturated rings. The summed E-state index contributed by atoms with van der Waals surface area (Å²) in [5.41, 5.74) is 3.53. The van der Waals surface area contributed by atoms with Gasteiger partial charge in [-0.05, 0) is 36.4 Å². The molecule has 3 aromatic carbocycles. The highest BCUT2D eigenvalue weighted by Crippen LogP contribution is 2.38. The van der Waals surface area contributed by atoms with Crippen molar-refractivity contribution in [1.82, 2.24) is 0 Å². The Morgan fingerprint density at radius 2 is 1.58 bits per heavy atom. The summed E-state index contributed by atoms with van der Waals surface area (Å²) in [7, 11) is 1.90. The number of hydrogen-bond acceptors (Lipinski definition) is 3. The number of nitriles is 1. The number of anilines is 2. The molecule has 0 saturated carbocycles. The van der Waals surface area contributed by atoms with E-state index in [9.17, 15) is 9.65 Å². The van der Waals surface area contributed by atoms with Crippen molar-refractivity contribution in [3.63, 3.8) is 0 Å². The van der Waals surface area contributed by atoms with Crippen LogP contribution in [0.2, 0.25) is 0 Å². The van der Waals surface area contributed by atoms with Crippen molar-refractivity contribution < 1.29 is 8.81 Å². The van der Waals surface area contributed by atoms with Crippen LogP contribution in [-0.4, -0.2) is 7.05 Å². The van der Waals surface area contributed by atoms with Crippen molar-refractivity contribution in [3.8, 4) is 6.07 Å². The van der Waals surface area contributed by atoms with Crippen LogP contribution in [0.3, 0.4) is 0 Å². The molecular weight excluding hydrogens is 303 g/mol. The fourth-order valence-corrected chi connectivity index (χ4v) is 2.96. The SMILES string of the molecule is CN(c1ccc(F)cc1)c1cccc2c1oc1c(C#N)cccc12. The van der Waals surface area contributed by atoms with Crippen molar-refractivity contribution in [1.29, 1.82) is 5.26 Å². The van der Waals surface area contributed by atoms with Gasteiger partial charge in [-0.15, -0.1) is 0 Å². The lowest BCUT2D eigenvalue weighted by Crippen LogP contribution is -2.09. The summed E-state index contributed by atoms with van der Waals surface area (Å²) >= 11 is 0. The van der Waals surface area contributed by atoms with Gasteiger partial charge in [0.2, 0.25) is 0 Å². The average molecular weight is 316 g/mol. The maximum absolute atomic E-state index is 13.2. The second-order valence-corrected chi connectivity index (χ2v) is 5.59. The zero-order valence-electron chi connectivity index (χ0n) is 13.0. The molecule has 116 valence electrons. The van der Waals surface area contributed by atoms with E-state index >= 15 is 0 Å². The van der Waals surface area contributed by atoms with Crippen LogP contribution < -0.4 is 4.90 Å². The Bertz CT molecular complexity index is 1090. The Morgan fingerprint density at radius 1 is 0.917 bits per heavy atom. The van der Waals surface area contributed by atoms with Gasteiger partial charge in [0.15, 0.2) is 11.2 Å². The van der Waals surface area contributed by atoms with Crippen molar-refractivity contribution >= 4 is 33.3 Å². The molecule has 0 atom stereocenters. The first-order valence-corrected chi connectivity index (χ1v) is 7.52. The lowest BCUT2D eigenvalue weighted by atomic mass is 10.1. The predicted octanol–water partition coefficient (Wildman–Crippen LogP) is 5.36. The minimum Gasteiger partial charge on any atom is -0.452 e. The van der Waals surface area contributed by atoms with E-state index in [1.54, 1.807) is 18.2 Å². The summed E-state index contributed by atoms with van der Waals surface area (Å²) in [6.45, 7) is 0.